The van der Waals surface area contributed by atoms with Gasteiger partial charge in [0.1, 0.15) is 0 Å². The fourth-order valence-electron chi connectivity index (χ4n) is 1.50. The zero-order chi connectivity index (χ0) is 10.1. The van der Waals surface area contributed by atoms with Crippen molar-refractivity contribution in [3.05, 3.63) is 29.3 Å². The number of aliphatic hydroxyl groups excluding tert-OH is 1. The number of fused-ring (bicyclic) bond motifs is 1. The number of nitrogen functional groups attached to an aromatic ring is 1. The summed E-state index contributed by atoms with van der Waals surface area (Å²) in [5.41, 5.74) is 7.63. The van der Waals surface area contributed by atoms with E-state index in [4.69, 9.17) is 22.4 Å². The Labute approximate surface area is 90.9 Å². The summed E-state index contributed by atoms with van der Waals surface area (Å²) in [6.45, 7) is 0.0393. The maximum atomic E-state index is 9.05. The van der Waals surface area contributed by atoms with Crippen molar-refractivity contribution < 1.29 is 5.11 Å². The Hall–Kier alpha value is -0.770. The predicted molar refractivity (Wildman–Crippen MR) is 61.7 cm³/mol. The summed E-state index contributed by atoms with van der Waals surface area (Å²) in [6.07, 6.45) is 0. The van der Waals surface area contributed by atoms with Crippen LogP contribution in [0.1, 0.15) is 11.1 Å². The average molecular weight is 228 g/mol. The third-order valence-corrected chi connectivity index (χ3v) is 3.33. The van der Waals surface area contributed by atoms with Crippen LogP contribution in [0, 0.1) is 0 Å². The molecule has 2 nitrogen and oxygen atoms in total. The second-order valence-electron chi connectivity index (χ2n) is 3.11. The second-order valence-corrected chi connectivity index (χ2v) is 4.49. The normalized spacial score (nSPS) is 11.0. The van der Waals surface area contributed by atoms with Crippen molar-refractivity contribution in [2.24, 2.45) is 0 Å². The van der Waals surface area contributed by atoms with Gasteiger partial charge >= 0.3 is 0 Å². The third-order valence-electron chi connectivity index (χ3n) is 2.13. The summed E-state index contributed by atoms with van der Waals surface area (Å²) in [6, 6.07) is 5.80. The van der Waals surface area contributed by atoms with E-state index in [-0.39, 0.29) is 6.61 Å². The summed E-state index contributed by atoms with van der Waals surface area (Å²) in [7, 11) is 0. The number of nitrogens with two attached hydrogens (primary N) is 1. The molecule has 0 saturated heterocycles. The van der Waals surface area contributed by atoms with Crippen molar-refractivity contribution in [1.29, 1.82) is 0 Å². The third kappa shape index (κ3) is 1.59. The highest BCUT2D eigenvalue weighted by Crippen LogP contribution is 2.32. The molecule has 14 heavy (non-hydrogen) atoms. The first-order valence-electron chi connectivity index (χ1n) is 4.22. The molecule has 2 rings (SSSR count). The second kappa shape index (κ2) is 3.77. The van der Waals surface area contributed by atoms with Crippen LogP contribution in [-0.4, -0.2) is 5.11 Å². The molecule has 1 aromatic carbocycles. The van der Waals surface area contributed by atoms with Crippen LogP contribution in [0.15, 0.2) is 18.2 Å². The van der Waals surface area contributed by atoms with E-state index in [1.54, 1.807) is 0 Å². The lowest BCUT2D eigenvalue weighted by atomic mass is 10.1. The lowest BCUT2D eigenvalue weighted by Crippen LogP contribution is -1.86. The van der Waals surface area contributed by atoms with Crippen molar-refractivity contribution in [2.45, 2.75) is 12.5 Å². The molecule has 0 fully saturated rings. The first-order chi connectivity index (χ1) is 6.74. The SMILES string of the molecule is Nc1cc2c(CCl)cc(CO)cc2s1. The van der Waals surface area contributed by atoms with Crippen molar-refractivity contribution in [1.82, 2.24) is 0 Å². The summed E-state index contributed by atoms with van der Waals surface area (Å²) >= 11 is 7.35. The Bertz CT molecular complexity index is 466. The number of anilines is 1. The van der Waals surface area contributed by atoms with E-state index in [9.17, 15) is 0 Å². The van der Waals surface area contributed by atoms with Gasteiger partial charge in [0, 0.05) is 10.6 Å². The summed E-state index contributed by atoms with van der Waals surface area (Å²) < 4.78 is 1.09. The lowest BCUT2D eigenvalue weighted by molar-refractivity contribution is 0.282. The molecule has 1 heterocycles. The number of rotatable bonds is 2. The largest absolute Gasteiger partial charge is 0.392 e. The molecule has 3 N–H and O–H groups in total. The Morgan fingerprint density at radius 2 is 2.14 bits per heavy atom. The highest BCUT2D eigenvalue weighted by molar-refractivity contribution is 7.22. The average Bonchev–Trinajstić information content (AvgIpc) is 2.56. The quantitative estimate of drug-likeness (QED) is 0.775. The van der Waals surface area contributed by atoms with Crippen LogP contribution in [0.4, 0.5) is 5.00 Å². The van der Waals surface area contributed by atoms with Gasteiger partial charge in [-0.05, 0) is 28.6 Å². The van der Waals surface area contributed by atoms with E-state index in [0.29, 0.717) is 5.88 Å². The molecule has 1 aromatic heterocycles. The fraction of sp³-hybridized carbons (Fsp3) is 0.200. The van der Waals surface area contributed by atoms with Gasteiger partial charge in [-0.3, -0.25) is 0 Å². The van der Waals surface area contributed by atoms with Crippen molar-refractivity contribution >= 4 is 38.0 Å². The number of halogens is 1. The maximum Gasteiger partial charge on any atom is 0.0868 e. The van der Waals surface area contributed by atoms with Gasteiger partial charge in [-0.15, -0.1) is 22.9 Å². The Balaban J connectivity index is 2.72. The molecule has 0 saturated carbocycles. The first kappa shape index (κ1) is 9.77. The molecule has 0 aliphatic carbocycles. The zero-order valence-corrected chi connectivity index (χ0v) is 9.03. The van der Waals surface area contributed by atoms with E-state index < -0.39 is 0 Å². The van der Waals surface area contributed by atoms with Crippen LogP contribution in [0.5, 0.6) is 0 Å². The molecule has 0 unspecified atom stereocenters. The number of alkyl halides is 1. The molecule has 0 bridgehead atoms. The molecule has 2 aromatic rings. The molecule has 0 radical (unpaired) electrons. The van der Waals surface area contributed by atoms with Gasteiger partial charge < -0.3 is 10.8 Å². The van der Waals surface area contributed by atoms with Gasteiger partial charge in [-0.25, -0.2) is 0 Å². The van der Waals surface area contributed by atoms with Crippen LogP contribution in [0.2, 0.25) is 0 Å². The Morgan fingerprint density at radius 3 is 2.79 bits per heavy atom. The number of benzene rings is 1. The van der Waals surface area contributed by atoms with Gasteiger partial charge in [0.05, 0.1) is 11.6 Å². The Morgan fingerprint density at radius 1 is 1.36 bits per heavy atom. The maximum absolute atomic E-state index is 9.05. The molecule has 0 aliphatic heterocycles. The predicted octanol–water partition coefficient (Wildman–Crippen LogP) is 2.71. The van der Waals surface area contributed by atoms with E-state index in [1.807, 2.05) is 18.2 Å². The molecule has 0 aliphatic rings. The monoisotopic (exact) mass is 227 g/mol. The van der Waals surface area contributed by atoms with Crippen LogP contribution < -0.4 is 5.73 Å². The number of hydrogen-bond acceptors (Lipinski definition) is 3. The zero-order valence-electron chi connectivity index (χ0n) is 7.46. The van der Waals surface area contributed by atoms with Gasteiger partial charge in [-0.1, -0.05) is 6.07 Å². The highest BCUT2D eigenvalue weighted by atomic mass is 35.5. The summed E-state index contributed by atoms with van der Waals surface area (Å²) in [5.74, 6) is 0.445. The first-order valence-corrected chi connectivity index (χ1v) is 5.57. The molecule has 0 spiro atoms. The number of hydrogen-bond donors (Lipinski definition) is 2. The minimum absolute atomic E-state index is 0.0393. The lowest BCUT2D eigenvalue weighted by Gasteiger charge is -2.01. The molecule has 74 valence electrons. The summed E-state index contributed by atoms with van der Waals surface area (Å²) in [5, 5.41) is 10.9. The van der Waals surface area contributed by atoms with Crippen molar-refractivity contribution in [3.8, 4) is 0 Å². The molecular formula is C10H10ClNOS. The van der Waals surface area contributed by atoms with E-state index in [2.05, 4.69) is 0 Å². The summed E-state index contributed by atoms with van der Waals surface area (Å²) in [4.78, 5) is 0. The van der Waals surface area contributed by atoms with Crippen LogP contribution in [0.25, 0.3) is 10.1 Å². The van der Waals surface area contributed by atoms with Crippen molar-refractivity contribution in [2.75, 3.05) is 5.73 Å². The highest BCUT2D eigenvalue weighted by Gasteiger charge is 2.06. The minimum atomic E-state index is 0.0393. The van der Waals surface area contributed by atoms with Gasteiger partial charge in [0.25, 0.3) is 0 Å². The van der Waals surface area contributed by atoms with Gasteiger partial charge in [0.2, 0.25) is 0 Å². The van der Waals surface area contributed by atoms with Gasteiger partial charge in [-0.2, -0.15) is 0 Å². The Kier molecular flexibility index (Phi) is 2.63. The number of aliphatic hydroxyl groups is 1. The standard InChI is InChI=1S/C10H10ClNOS/c11-4-7-1-6(5-13)2-9-8(7)3-10(12)14-9/h1-3,13H,4-5,12H2. The molecule has 0 amide bonds. The van der Waals surface area contributed by atoms with E-state index in [0.717, 1.165) is 26.2 Å². The van der Waals surface area contributed by atoms with Crippen LogP contribution >= 0.6 is 22.9 Å². The number of thiophene rings is 1. The fourth-order valence-corrected chi connectivity index (χ4v) is 2.66. The van der Waals surface area contributed by atoms with Crippen LogP contribution in [-0.2, 0) is 12.5 Å². The topological polar surface area (TPSA) is 46.2 Å². The smallest absolute Gasteiger partial charge is 0.0868 e. The van der Waals surface area contributed by atoms with E-state index >= 15 is 0 Å². The molecular weight excluding hydrogens is 218 g/mol. The van der Waals surface area contributed by atoms with E-state index in [1.165, 1.54) is 11.3 Å². The minimum Gasteiger partial charge on any atom is -0.392 e. The van der Waals surface area contributed by atoms with Gasteiger partial charge in [0.15, 0.2) is 0 Å². The molecule has 0 atom stereocenters. The van der Waals surface area contributed by atoms with Crippen LogP contribution in [0.3, 0.4) is 0 Å². The van der Waals surface area contributed by atoms with Crippen molar-refractivity contribution in [3.63, 3.8) is 0 Å². The molecule has 4 heteroatoms.